The molecule has 1 saturated carbocycles. The van der Waals surface area contributed by atoms with Crippen molar-refractivity contribution in [3.63, 3.8) is 0 Å². The van der Waals surface area contributed by atoms with E-state index < -0.39 is 11.4 Å². The normalized spacial score (nSPS) is 14.9. The molecule has 0 aliphatic heterocycles. The van der Waals surface area contributed by atoms with Crippen molar-refractivity contribution >= 4 is 17.0 Å². The zero-order valence-electron chi connectivity index (χ0n) is 18.3. The van der Waals surface area contributed by atoms with Crippen molar-refractivity contribution in [2.45, 2.75) is 37.7 Å². The van der Waals surface area contributed by atoms with Gasteiger partial charge >= 0.3 is 0 Å². The van der Waals surface area contributed by atoms with Crippen molar-refractivity contribution in [2.24, 2.45) is 0 Å². The summed E-state index contributed by atoms with van der Waals surface area (Å²) < 4.78 is 15.8. The lowest BCUT2D eigenvalue weighted by Crippen LogP contribution is -2.29. The van der Waals surface area contributed by atoms with Crippen LogP contribution in [0.2, 0.25) is 0 Å². The summed E-state index contributed by atoms with van der Waals surface area (Å²) in [5.74, 6) is 6.16. The second kappa shape index (κ2) is 8.58. The number of halogens is 1. The monoisotopic (exact) mass is 452 g/mol. The minimum atomic E-state index is -1.05. The van der Waals surface area contributed by atoms with E-state index in [1.807, 2.05) is 0 Å². The van der Waals surface area contributed by atoms with Crippen LogP contribution in [-0.4, -0.2) is 30.2 Å². The maximum absolute atomic E-state index is 14.0. The second-order valence-electron chi connectivity index (χ2n) is 8.39. The van der Waals surface area contributed by atoms with Gasteiger partial charge in [0.2, 0.25) is 5.82 Å². The summed E-state index contributed by atoms with van der Waals surface area (Å²) in [7, 11) is 0. The summed E-state index contributed by atoms with van der Waals surface area (Å²) in [5.41, 5.74) is 7.65. The summed E-state index contributed by atoms with van der Waals surface area (Å²) >= 11 is 0. The van der Waals surface area contributed by atoms with E-state index in [0.29, 0.717) is 46.6 Å². The number of imidazole rings is 1. The van der Waals surface area contributed by atoms with Crippen molar-refractivity contribution in [2.75, 3.05) is 5.73 Å². The second-order valence-corrected chi connectivity index (χ2v) is 8.39. The third kappa shape index (κ3) is 4.07. The van der Waals surface area contributed by atoms with Gasteiger partial charge in [-0.3, -0.25) is 4.57 Å². The van der Waals surface area contributed by atoms with Crippen LogP contribution in [0.15, 0.2) is 48.5 Å². The quantitative estimate of drug-likeness (QED) is 0.442. The Labute approximate surface area is 195 Å². The highest BCUT2D eigenvalue weighted by Gasteiger charge is 2.27. The molecule has 1 aliphatic carbocycles. The number of hydrogen-bond donors (Lipinski definition) is 2. The maximum Gasteiger partial charge on any atom is 0.209 e. The van der Waals surface area contributed by atoms with Crippen LogP contribution in [0.4, 0.5) is 10.2 Å². The molecule has 0 unspecified atom stereocenters. The van der Waals surface area contributed by atoms with E-state index >= 15 is 0 Å². The van der Waals surface area contributed by atoms with Crippen LogP contribution in [0.25, 0.3) is 28.2 Å². The number of nitrogens with zero attached hydrogens (tertiary/aromatic N) is 5. The molecular formula is C26H21FN6O. The Morgan fingerprint density at radius 1 is 1.03 bits per heavy atom. The van der Waals surface area contributed by atoms with Gasteiger partial charge in [-0.2, -0.15) is 5.26 Å². The van der Waals surface area contributed by atoms with Crippen LogP contribution in [-0.2, 0) is 0 Å². The average molecular weight is 452 g/mol. The van der Waals surface area contributed by atoms with Crippen LogP contribution >= 0.6 is 0 Å². The number of rotatable bonds is 2. The van der Waals surface area contributed by atoms with Gasteiger partial charge < -0.3 is 10.8 Å². The number of nitriles is 1. The van der Waals surface area contributed by atoms with Gasteiger partial charge in [0.1, 0.15) is 17.2 Å². The first-order valence-corrected chi connectivity index (χ1v) is 11.0. The van der Waals surface area contributed by atoms with Crippen LogP contribution in [0, 0.1) is 29.0 Å². The summed E-state index contributed by atoms with van der Waals surface area (Å²) in [6, 6.07) is 15.1. The Kier molecular flexibility index (Phi) is 5.45. The Morgan fingerprint density at radius 3 is 2.50 bits per heavy atom. The number of nitrogen functional groups attached to an aromatic ring is 1. The van der Waals surface area contributed by atoms with E-state index in [2.05, 4.69) is 32.9 Å². The average Bonchev–Trinajstić information content (AvgIpc) is 3.24. The van der Waals surface area contributed by atoms with Crippen molar-refractivity contribution in [1.29, 1.82) is 5.26 Å². The third-order valence-electron chi connectivity index (χ3n) is 5.96. The predicted octanol–water partition coefficient (Wildman–Crippen LogP) is 4.12. The van der Waals surface area contributed by atoms with Gasteiger partial charge in [-0.15, -0.1) is 0 Å². The molecule has 1 fully saturated rings. The Hall–Kier alpha value is -4.27. The Bertz CT molecular complexity index is 1480. The molecule has 2 heterocycles. The zero-order chi connectivity index (χ0) is 23.7. The highest BCUT2D eigenvalue weighted by molar-refractivity contribution is 5.87. The molecule has 0 radical (unpaired) electrons. The predicted molar refractivity (Wildman–Crippen MR) is 126 cm³/mol. The lowest BCUT2D eigenvalue weighted by molar-refractivity contribution is 0.0610. The fraction of sp³-hybridized carbons (Fsp3) is 0.231. The zero-order valence-corrected chi connectivity index (χ0v) is 18.3. The van der Waals surface area contributed by atoms with E-state index in [-0.39, 0.29) is 11.6 Å². The van der Waals surface area contributed by atoms with Gasteiger partial charge in [-0.25, -0.2) is 19.3 Å². The minimum absolute atomic E-state index is 0.134. The highest BCUT2D eigenvalue weighted by Crippen LogP contribution is 2.31. The van der Waals surface area contributed by atoms with Crippen LogP contribution in [0.3, 0.4) is 0 Å². The minimum Gasteiger partial charge on any atom is -0.382 e. The lowest BCUT2D eigenvalue weighted by Gasteiger charge is -2.26. The van der Waals surface area contributed by atoms with Gasteiger partial charge in [-0.05, 0) is 68.0 Å². The van der Waals surface area contributed by atoms with E-state index in [1.54, 1.807) is 41.0 Å². The first-order chi connectivity index (χ1) is 16.5. The molecule has 0 atom stereocenters. The standard InChI is InChI=1S/C26H21FN6O/c27-19-6-4-5-18(15-19)24-32-22-23(29)30-21(11-14-26(34)12-2-1-3-13-26)31-25(22)33(24)20-9-7-17(16-28)8-10-20/h4-10,15,34H,1-3,12-13H2,(H2,29,30,31). The Morgan fingerprint density at radius 2 is 1.79 bits per heavy atom. The molecule has 3 N–H and O–H groups in total. The maximum atomic E-state index is 14.0. The summed E-state index contributed by atoms with van der Waals surface area (Å²) in [6.45, 7) is 0. The number of aromatic nitrogens is 4. The summed E-state index contributed by atoms with van der Waals surface area (Å²) in [6.07, 6.45) is 4.17. The molecule has 168 valence electrons. The molecule has 2 aromatic heterocycles. The summed E-state index contributed by atoms with van der Waals surface area (Å²) in [4.78, 5) is 13.5. The van der Waals surface area contributed by atoms with Crippen molar-refractivity contribution in [1.82, 2.24) is 19.5 Å². The number of nitrogens with two attached hydrogens (primary N) is 1. The van der Waals surface area contributed by atoms with Crippen LogP contribution < -0.4 is 5.73 Å². The number of hydrogen-bond acceptors (Lipinski definition) is 6. The summed E-state index contributed by atoms with van der Waals surface area (Å²) in [5, 5.41) is 19.9. The molecule has 4 aromatic rings. The fourth-order valence-electron chi connectivity index (χ4n) is 4.22. The highest BCUT2D eigenvalue weighted by atomic mass is 19.1. The van der Waals surface area contributed by atoms with Gasteiger partial charge in [0.15, 0.2) is 17.0 Å². The number of benzene rings is 2. The van der Waals surface area contributed by atoms with Gasteiger partial charge in [-0.1, -0.05) is 24.5 Å². The molecule has 0 amide bonds. The Balaban J connectivity index is 1.71. The van der Waals surface area contributed by atoms with Crippen LogP contribution in [0.1, 0.15) is 43.5 Å². The molecule has 8 heteroatoms. The number of fused-ring (bicyclic) bond motifs is 1. The van der Waals surface area contributed by atoms with E-state index in [1.165, 1.54) is 12.1 Å². The third-order valence-corrected chi connectivity index (χ3v) is 5.96. The van der Waals surface area contributed by atoms with Gasteiger partial charge in [0.25, 0.3) is 0 Å². The van der Waals surface area contributed by atoms with Gasteiger partial charge in [0, 0.05) is 11.3 Å². The van der Waals surface area contributed by atoms with E-state index in [9.17, 15) is 14.8 Å². The van der Waals surface area contributed by atoms with Crippen molar-refractivity contribution in [3.05, 3.63) is 65.7 Å². The topological polar surface area (TPSA) is 114 Å². The lowest BCUT2D eigenvalue weighted by atomic mass is 9.85. The molecule has 1 aliphatic rings. The molecule has 0 saturated heterocycles. The first-order valence-electron chi connectivity index (χ1n) is 11.0. The van der Waals surface area contributed by atoms with E-state index in [4.69, 9.17) is 5.73 Å². The van der Waals surface area contributed by atoms with Crippen molar-refractivity contribution in [3.8, 4) is 35.0 Å². The van der Waals surface area contributed by atoms with Crippen LogP contribution in [0.5, 0.6) is 0 Å². The molecule has 0 bridgehead atoms. The van der Waals surface area contributed by atoms with Gasteiger partial charge in [0.05, 0.1) is 11.6 Å². The largest absolute Gasteiger partial charge is 0.382 e. The molecular weight excluding hydrogens is 431 g/mol. The first kappa shape index (κ1) is 21.6. The molecule has 5 rings (SSSR count). The smallest absolute Gasteiger partial charge is 0.209 e. The molecule has 7 nitrogen and oxygen atoms in total. The number of aliphatic hydroxyl groups is 1. The SMILES string of the molecule is N#Cc1ccc(-n2c(-c3cccc(F)c3)nc3c(N)nc(C#CC4(O)CCCCC4)nc32)cc1. The fourth-order valence-corrected chi connectivity index (χ4v) is 4.22. The molecule has 0 spiro atoms. The van der Waals surface area contributed by atoms with Crippen molar-refractivity contribution < 1.29 is 9.50 Å². The molecule has 2 aromatic carbocycles. The number of anilines is 1. The molecule has 34 heavy (non-hydrogen) atoms. The van der Waals surface area contributed by atoms with E-state index in [0.717, 1.165) is 19.3 Å².